The van der Waals surface area contributed by atoms with Crippen molar-refractivity contribution < 1.29 is 47.0 Å². The molecule has 2 aromatic heterocycles. The Morgan fingerprint density at radius 3 is 2.32 bits per heavy atom. The van der Waals surface area contributed by atoms with Gasteiger partial charge in [-0.25, -0.2) is 8.78 Å². The van der Waals surface area contributed by atoms with Crippen molar-refractivity contribution in [2.24, 2.45) is 5.92 Å². The zero-order chi connectivity index (χ0) is 61.7. The lowest BCUT2D eigenvalue weighted by atomic mass is 9.91. The number of benzene rings is 3. The molecule has 10 heterocycles. The first kappa shape index (κ1) is 62.5. The maximum absolute atomic E-state index is 17.0. The number of piperidine rings is 2. The number of Topliss-reactive ketones (excluding diaryl/α,β-unsaturated/α-hetero) is 1. The second-order valence-corrected chi connectivity index (χ2v) is 24.2. The Bertz CT molecular complexity index is 3490. The van der Waals surface area contributed by atoms with E-state index in [4.69, 9.17) is 35.4 Å². The number of terminal acetylenes is 1. The van der Waals surface area contributed by atoms with Crippen molar-refractivity contribution in [1.29, 1.82) is 0 Å². The lowest BCUT2D eigenvalue weighted by Crippen LogP contribution is -2.54. The van der Waals surface area contributed by atoms with Gasteiger partial charge in [-0.1, -0.05) is 69.7 Å². The molecule has 0 spiro atoms. The normalized spacial score (nSPS) is 23.8. The average Bonchev–Trinajstić information content (AvgIpc) is 2.09. The van der Waals surface area contributed by atoms with Gasteiger partial charge in [-0.15, -0.1) is 6.42 Å². The molecule has 5 atom stereocenters. The molecule has 20 heteroatoms. The van der Waals surface area contributed by atoms with Crippen LogP contribution in [0.25, 0.3) is 32.9 Å². The second-order valence-electron chi connectivity index (χ2n) is 24.2. The lowest BCUT2D eigenvalue weighted by Gasteiger charge is -2.42. The molecule has 8 aliphatic heterocycles. The quantitative estimate of drug-likeness (QED) is 0.0512. The van der Waals surface area contributed by atoms with Crippen LogP contribution in [-0.2, 0) is 23.9 Å². The number of imide groups is 1. The number of amides is 3. The van der Waals surface area contributed by atoms with Crippen LogP contribution in [0.1, 0.15) is 124 Å². The van der Waals surface area contributed by atoms with E-state index in [9.17, 15) is 23.6 Å². The van der Waals surface area contributed by atoms with Crippen molar-refractivity contribution in [2.45, 2.75) is 133 Å². The number of allylic oxidation sites excluding steroid dienone is 1. The second kappa shape index (κ2) is 26.8. The van der Waals surface area contributed by atoms with Crippen molar-refractivity contribution in [3.8, 4) is 29.6 Å². The molecule has 8 aliphatic rings. The maximum Gasteiger partial charge on any atom is 0.319 e. The van der Waals surface area contributed by atoms with E-state index in [1.807, 2.05) is 32.9 Å². The Morgan fingerprint density at radius 1 is 0.920 bits per heavy atom. The van der Waals surface area contributed by atoms with Gasteiger partial charge >= 0.3 is 6.01 Å². The van der Waals surface area contributed by atoms with Crippen LogP contribution >= 0.6 is 0 Å². The van der Waals surface area contributed by atoms with Crippen LogP contribution in [0.2, 0.25) is 0 Å². The van der Waals surface area contributed by atoms with Gasteiger partial charge in [-0.05, 0) is 114 Å². The summed E-state index contributed by atoms with van der Waals surface area (Å²) in [6, 6.07) is 13.8. The van der Waals surface area contributed by atoms with Gasteiger partial charge in [0.2, 0.25) is 5.91 Å². The van der Waals surface area contributed by atoms with Crippen LogP contribution in [0.3, 0.4) is 0 Å². The molecule has 87 heavy (non-hydrogen) atoms. The molecule has 3 N–H and O–H groups in total. The molecule has 0 aliphatic carbocycles. The summed E-state index contributed by atoms with van der Waals surface area (Å²) in [4.78, 5) is 80.3. The number of carbonyl (C=O) groups is 5. The number of hydrogen-bond acceptors (Lipinski definition) is 16. The Balaban J connectivity index is 0.000000196. The molecule has 7 fully saturated rings. The fraction of sp³-hybridized carbons (Fsp3) is 0.493. The summed E-state index contributed by atoms with van der Waals surface area (Å²) in [6.07, 6.45) is 17.5. The topological polar surface area (TPSA) is 201 Å². The minimum atomic E-state index is -0.799. The Hall–Kier alpha value is -7.54. The summed E-state index contributed by atoms with van der Waals surface area (Å²) < 4.78 is 50.4. The minimum Gasteiger partial charge on any atom is -0.461 e. The van der Waals surface area contributed by atoms with Crippen molar-refractivity contribution in [3.05, 3.63) is 107 Å². The number of rotatable bonds is 15. The highest BCUT2D eigenvalue weighted by Gasteiger charge is 2.52. The van der Waals surface area contributed by atoms with Crippen LogP contribution in [0.5, 0.6) is 6.01 Å². The van der Waals surface area contributed by atoms with Gasteiger partial charge in [0, 0.05) is 91.7 Å². The van der Waals surface area contributed by atoms with Crippen LogP contribution in [0, 0.1) is 29.9 Å². The molecule has 460 valence electrons. The Morgan fingerprint density at radius 2 is 1.67 bits per heavy atom. The Kier molecular flexibility index (Phi) is 19.3. The van der Waals surface area contributed by atoms with Crippen LogP contribution in [0.15, 0.2) is 79.2 Å². The summed E-state index contributed by atoms with van der Waals surface area (Å²) >= 11 is 0. The standard InChI is InChI=1S/C40H42F2N6O3.C22H25N3O4.C4H11N.CH2O/c1-4-29-32(41)12-9-25-7-6-8-30(33(25)29)35-34(42)36-31(16-43-35)37(47-18-26-10-11-27(19-47)44-26)46-38(45-36)50-21-39-14-13-28(48(39)17-24(3)15-39)20-51-40(5-2)22-49-23-40;1-3-19(26)14-8-10-24(11-9-14)15-5-6-16-17(12-15)22(29)25(21(16)28)18-7-4-13(2)23-20(18)27;1-3-4-5-2;1-2/h1,6-9,12,16,26-28,44H,3,5,10-11,13-15,17-23H2,2H3;5-6,12,14,18H,2-4,7-11H2,1H3,(H,23,27);5H,3-4H2,1-2H3;1H2. The molecular weight excluding hydrogens is 1110 g/mol. The third kappa shape index (κ3) is 12.5. The van der Waals surface area contributed by atoms with E-state index < -0.39 is 29.5 Å². The molecule has 5 aromatic rings. The van der Waals surface area contributed by atoms with E-state index in [0.29, 0.717) is 108 Å². The van der Waals surface area contributed by atoms with Crippen molar-refractivity contribution in [2.75, 3.05) is 82.5 Å². The van der Waals surface area contributed by atoms with E-state index in [1.165, 1.54) is 12.5 Å². The molecule has 5 unspecified atom stereocenters. The van der Waals surface area contributed by atoms with Crippen LogP contribution < -0.4 is 30.5 Å². The zero-order valence-corrected chi connectivity index (χ0v) is 50.5. The van der Waals surface area contributed by atoms with Crippen LogP contribution in [0.4, 0.5) is 20.3 Å². The first-order chi connectivity index (χ1) is 42.1. The smallest absolute Gasteiger partial charge is 0.319 e. The van der Waals surface area contributed by atoms with Gasteiger partial charge in [0.05, 0.1) is 47.4 Å². The summed E-state index contributed by atoms with van der Waals surface area (Å²) in [7, 11) is 1.96. The summed E-state index contributed by atoms with van der Waals surface area (Å²) in [5, 5.41) is 11.0. The highest BCUT2D eigenvalue weighted by atomic mass is 19.1. The first-order valence-corrected chi connectivity index (χ1v) is 30.7. The van der Waals surface area contributed by atoms with Crippen molar-refractivity contribution in [1.82, 2.24) is 40.7 Å². The molecule has 3 amide bonds. The molecular formula is C67H80F2N10O8. The SMILES string of the molecule is C#Cc1c(F)ccc2cccc(-c3ncc4c(N5CC6CCC(C5)N6)nc(OCC56CCC(COC7(CC)COC7)N5CC(=C)C6)nc4c3F)c12.C=C1CCC(N2C(=O)c3ccc(N4CCC(C(=O)CC)CC4)cc3C2=O)C(=O)N1.C=O.CCCNC. The predicted molar refractivity (Wildman–Crippen MR) is 331 cm³/mol. The number of carbonyl (C=O) groups excluding carboxylic acids is 5. The van der Waals surface area contributed by atoms with Gasteiger partial charge in [-0.3, -0.25) is 34.0 Å². The van der Waals surface area contributed by atoms with E-state index in [1.54, 1.807) is 36.5 Å². The number of nitrogens with one attached hydrogen (secondary N) is 3. The largest absolute Gasteiger partial charge is 0.461 e. The third-order valence-electron chi connectivity index (χ3n) is 18.6. The lowest BCUT2D eigenvalue weighted by molar-refractivity contribution is -0.216. The predicted octanol–water partition coefficient (Wildman–Crippen LogP) is 8.48. The molecule has 7 saturated heterocycles. The number of halogens is 2. The fourth-order valence-electron chi connectivity index (χ4n) is 13.9. The number of nitrogens with zero attached hydrogens (tertiary/aromatic N) is 7. The molecule has 18 nitrogen and oxygen atoms in total. The van der Waals surface area contributed by atoms with Gasteiger partial charge in [0.25, 0.3) is 11.8 Å². The monoisotopic (exact) mass is 1190 g/mol. The number of fused-ring (bicyclic) bond motifs is 6. The number of ketones is 1. The van der Waals surface area contributed by atoms with Crippen molar-refractivity contribution >= 4 is 63.5 Å². The highest BCUT2D eigenvalue weighted by Crippen LogP contribution is 2.46. The summed E-state index contributed by atoms with van der Waals surface area (Å²) in [5.74, 6) is 1.12. The number of aromatic nitrogens is 3. The van der Waals surface area contributed by atoms with Gasteiger partial charge in [0.15, 0.2) is 5.82 Å². The van der Waals surface area contributed by atoms with Gasteiger partial charge < -0.3 is 44.8 Å². The highest BCUT2D eigenvalue weighted by molar-refractivity contribution is 6.23. The molecule has 13 rings (SSSR count). The fourth-order valence-corrected chi connectivity index (χ4v) is 13.9. The van der Waals surface area contributed by atoms with E-state index >= 15 is 4.39 Å². The van der Waals surface area contributed by atoms with E-state index in [0.717, 1.165) is 107 Å². The molecule has 0 saturated carbocycles. The average molecular weight is 1190 g/mol. The Labute approximate surface area is 507 Å². The number of ether oxygens (including phenoxy) is 3. The van der Waals surface area contributed by atoms with E-state index in [-0.39, 0.29) is 51.8 Å². The number of pyridine rings is 1. The van der Waals surface area contributed by atoms with Crippen LogP contribution in [-0.4, -0.2) is 163 Å². The minimum absolute atomic E-state index is 0.0448. The molecule has 0 radical (unpaired) electrons. The molecule has 2 bridgehead atoms. The third-order valence-corrected chi connectivity index (χ3v) is 18.6. The number of piperazine rings is 1. The number of hydrogen-bond donors (Lipinski definition) is 3. The van der Waals surface area contributed by atoms with Gasteiger partial charge in [-0.2, -0.15) is 9.97 Å². The van der Waals surface area contributed by atoms with Gasteiger partial charge in [0.1, 0.15) is 53.7 Å². The van der Waals surface area contributed by atoms with E-state index in [2.05, 4.69) is 68.6 Å². The summed E-state index contributed by atoms with van der Waals surface area (Å²) in [5.41, 5.74) is 3.50. The van der Waals surface area contributed by atoms with Crippen molar-refractivity contribution in [3.63, 3.8) is 0 Å². The molecule has 3 aromatic carbocycles. The zero-order valence-electron chi connectivity index (χ0n) is 50.5. The maximum atomic E-state index is 17.0. The number of anilines is 2. The first-order valence-electron chi connectivity index (χ1n) is 30.7. The summed E-state index contributed by atoms with van der Waals surface area (Å²) in [6.45, 7) is 23.4.